The van der Waals surface area contributed by atoms with Gasteiger partial charge in [-0.25, -0.2) is 0 Å². The highest BCUT2D eigenvalue weighted by molar-refractivity contribution is 5.94. The molecular weight excluding hydrogens is 295 g/mol. The Kier molecular flexibility index (Phi) is 5.39. The van der Waals surface area contributed by atoms with Gasteiger partial charge in [0.2, 0.25) is 0 Å². The Labute approximate surface area is 127 Å². The third kappa shape index (κ3) is 4.19. The summed E-state index contributed by atoms with van der Waals surface area (Å²) >= 11 is 0. The summed E-state index contributed by atoms with van der Waals surface area (Å²) < 4.78 is 37.3. The topological polar surface area (TPSA) is 68.0 Å². The number of rotatable bonds is 4. The van der Waals surface area contributed by atoms with E-state index in [4.69, 9.17) is 5.73 Å². The quantitative estimate of drug-likeness (QED) is 0.897. The third-order valence-electron chi connectivity index (χ3n) is 4.11. The third-order valence-corrected chi connectivity index (χ3v) is 4.11. The van der Waals surface area contributed by atoms with Crippen LogP contribution in [0.5, 0.6) is 0 Å². The van der Waals surface area contributed by atoms with Crippen molar-refractivity contribution >= 4 is 5.91 Å². The fourth-order valence-corrected chi connectivity index (χ4v) is 2.85. The molecule has 1 fully saturated rings. The molecule has 1 unspecified atom stereocenters. The second-order valence-corrected chi connectivity index (χ2v) is 5.64. The number of hydrogen-bond acceptors (Lipinski definition) is 3. The van der Waals surface area contributed by atoms with Gasteiger partial charge in [0.05, 0.1) is 5.56 Å². The number of nitrogens with zero attached hydrogens (tertiary/aromatic N) is 1. The average molecular weight is 315 g/mol. The highest BCUT2D eigenvalue weighted by atomic mass is 19.4. The lowest BCUT2D eigenvalue weighted by molar-refractivity contribution is -0.141. The molecule has 2 rings (SSSR count). The average Bonchev–Trinajstić information content (AvgIpc) is 2.52. The van der Waals surface area contributed by atoms with Gasteiger partial charge in [0, 0.05) is 18.8 Å². The van der Waals surface area contributed by atoms with Crippen molar-refractivity contribution in [1.82, 2.24) is 10.3 Å². The molecule has 0 radical (unpaired) electrons. The zero-order chi connectivity index (χ0) is 16.2. The highest BCUT2D eigenvalue weighted by Crippen LogP contribution is 2.28. The smallest absolute Gasteiger partial charge is 0.348 e. The minimum atomic E-state index is -4.50. The van der Waals surface area contributed by atoms with E-state index < -0.39 is 17.8 Å². The van der Waals surface area contributed by atoms with Crippen LogP contribution in [0.2, 0.25) is 0 Å². The first-order valence-corrected chi connectivity index (χ1v) is 7.46. The van der Waals surface area contributed by atoms with E-state index in [0.717, 1.165) is 44.0 Å². The van der Waals surface area contributed by atoms with Gasteiger partial charge in [-0.3, -0.25) is 9.78 Å². The van der Waals surface area contributed by atoms with Gasteiger partial charge in [-0.1, -0.05) is 19.3 Å². The van der Waals surface area contributed by atoms with Gasteiger partial charge < -0.3 is 11.1 Å². The molecule has 0 spiro atoms. The van der Waals surface area contributed by atoms with Gasteiger partial charge in [-0.05, 0) is 30.9 Å². The van der Waals surface area contributed by atoms with E-state index in [-0.39, 0.29) is 11.6 Å². The molecule has 0 saturated heterocycles. The van der Waals surface area contributed by atoms with Crippen LogP contribution >= 0.6 is 0 Å². The maximum atomic E-state index is 12.4. The van der Waals surface area contributed by atoms with E-state index >= 15 is 0 Å². The zero-order valence-corrected chi connectivity index (χ0v) is 12.2. The molecule has 1 atom stereocenters. The number of alkyl halides is 3. The van der Waals surface area contributed by atoms with Crippen LogP contribution in [0, 0.1) is 5.92 Å². The lowest BCUT2D eigenvalue weighted by Crippen LogP contribution is -2.45. The van der Waals surface area contributed by atoms with Crippen LogP contribution in [-0.2, 0) is 6.18 Å². The summed E-state index contributed by atoms with van der Waals surface area (Å²) in [7, 11) is 0. The van der Waals surface area contributed by atoms with Crippen molar-refractivity contribution in [2.75, 3.05) is 6.54 Å². The van der Waals surface area contributed by atoms with Crippen molar-refractivity contribution < 1.29 is 18.0 Å². The standard InChI is InChI=1S/C15H20F3N3O/c16-15(17,18)13-7-6-11(9-20-13)14(22)21-12(8-19)10-4-2-1-3-5-10/h6-7,9-10,12H,1-5,8,19H2,(H,21,22). The van der Waals surface area contributed by atoms with Crippen LogP contribution in [0.25, 0.3) is 0 Å². The Morgan fingerprint density at radius 1 is 1.32 bits per heavy atom. The maximum absolute atomic E-state index is 12.4. The second kappa shape index (κ2) is 7.09. The van der Waals surface area contributed by atoms with Crippen molar-refractivity contribution in [2.24, 2.45) is 11.7 Å². The molecule has 0 aromatic carbocycles. The van der Waals surface area contributed by atoms with E-state index in [1.54, 1.807) is 0 Å². The van der Waals surface area contributed by atoms with Gasteiger partial charge >= 0.3 is 6.18 Å². The molecule has 22 heavy (non-hydrogen) atoms. The summed E-state index contributed by atoms with van der Waals surface area (Å²) in [4.78, 5) is 15.4. The molecule has 0 aliphatic heterocycles. The predicted molar refractivity (Wildman–Crippen MR) is 76.1 cm³/mol. The van der Waals surface area contributed by atoms with Crippen LogP contribution in [0.3, 0.4) is 0 Å². The summed E-state index contributed by atoms with van der Waals surface area (Å²) in [5.74, 6) is -0.0904. The van der Waals surface area contributed by atoms with Crippen molar-refractivity contribution in [3.8, 4) is 0 Å². The van der Waals surface area contributed by atoms with Crippen molar-refractivity contribution in [1.29, 1.82) is 0 Å². The van der Waals surface area contributed by atoms with Crippen LogP contribution in [0.1, 0.15) is 48.2 Å². The lowest BCUT2D eigenvalue weighted by atomic mass is 9.84. The SMILES string of the molecule is NCC(NC(=O)c1ccc(C(F)(F)F)nc1)C1CCCCC1. The Bertz CT molecular complexity index is 496. The minimum Gasteiger partial charge on any atom is -0.348 e. The monoisotopic (exact) mass is 315 g/mol. The van der Waals surface area contributed by atoms with Crippen molar-refractivity contribution in [2.45, 2.75) is 44.3 Å². The molecule has 1 saturated carbocycles. The number of halogens is 3. The Balaban J connectivity index is 2.01. The zero-order valence-electron chi connectivity index (χ0n) is 12.2. The fourth-order valence-electron chi connectivity index (χ4n) is 2.85. The molecule has 1 aromatic heterocycles. The number of carbonyl (C=O) groups is 1. The van der Waals surface area contributed by atoms with E-state index in [1.165, 1.54) is 6.42 Å². The van der Waals surface area contributed by atoms with E-state index in [9.17, 15) is 18.0 Å². The molecule has 1 heterocycles. The minimum absolute atomic E-state index is 0.113. The predicted octanol–water partition coefficient (Wildman–Crippen LogP) is 2.74. The van der Waals surface area contributed by atoms with Crippen molar-refractivity contribution in [3.05, 3.63) is 29.6 Å². The maximum Gasteiger partial charge on any atom is 0.433 e. The van der Waals surface area contributed by atoms with Gasteiger partial charge in [0.1, 0.15) is 5.69 Å². The van der Waals surface area contributed by atoms with Crippen molar-refractivity contribution in [3.63, 3.8) is 0 Å². The van der Waals surface area contributed by atoms with E-state index in [1.807, 2.05) is 0 Å². The summed E-state index contributed by atoms with van der Waals surface area (Å²) in [5.41, 5.74) is 4.84. The molecule has 4 nitrogen and oxygen atoms in total. The lowest BCUT2D eigenvalue weighted by Gasteiger charge is -2.30. The Hall–Kier alpha value is -1.63. The summed E-state index contributed by atoms with van der Waals surface area (Å²) in [5, 5.41) is 2.83. The first kappa shape index (κ1) is 16.7. The highest BCUT2D eigenvalue weighted by Gasteiger charge is 2.32. The molecule has 1 aliphatic carbocycles. The molecule has 1 aromatic rings. The summed E-state index contributed by atoms with van der Waals surface area (Å²) in [6.45, 7) is 0.324. The number of nitrogens with two attached hydrogens (primary N) is 1. The summed E-state index contributed by atoms with van der Waals surface area (Å²) in [6.07, 6.45) is 1.94. The van der Waals surface area contributed by atoms with Gasteiger partial charge in [0.15, 0.2) is 0 Å². The number of amides is 1. The molecule has 0 bridgehead atoms. The Morgan fingerprint density at radius 3 is 2.50 bits per heavy atom. The van der Waals surface area contributed by atoms with E-state index in [2.05, 4.69) is 10.3 Å². The molecule has 3 N–H and O–H groups in total. The normalized spacial score (nSPS) is 18.0. The number of nitrogens with one attached hydrogen (secondary N) is 1. The molecule has 1 aliphatic rings. The number of aromatic nitrogens is 1. The van der Waals surface area contributed by atoms with Crippen LogP contribution in [-0.4, -0.2) is 23.5 Å². The fraction of sp³-hybridized carbons (Fsp3) is 0.600. The van der Waals surface area contributed by atoms with Crippen LogP contribution in [0.15, 0.2) is 18.3 Å². The van der Waals surface area contributed by atoms with Gasteiger partial charge in [0.25, 0.3) is 5.91 Å². The van der Waals surface area contributed by atoms with Gasteiger partial charge in [-0.2, -0.15) is 13.2 Å². The molecule has 7 heteroatoms. The van der Waals surface area contributed by atoms with Crippen LogP contribution < -0.4 is 11.1 Å². The van der Waals surface area contributed by atoms with Gasteiger partial charge in [-0.15, -0.1) is 0 Å². The molecule has 1 amide bonds. The van der Waals surface area contributed by atoms with Crippen LogP contribution in [0.4, 0.5) is 13.2 Å². The molecule has 122 valence electrons. The second-order valence-electron chi connectivity index (χ2n) is 5.64. The number of hydrogen-bond donors (Lipinski definition) is 2. The molecular formula is C15H20F3N3O. The Morgan fingerprint density at radius 2 is 2.00 bits per heavy atom. The first-order chi connectivity index (χ1) is 10.4. The number of pyridine rings is 1. The first-order valence-electron chi connectivity index (χ1n) is 7.46. The largest absolute Gasteiger partial charge is 0.433 e. The van der Waals surface area contributed by atoms with E-state index in [0.29, 0.717) is 12.5 Å². The summed E-state index contributed by atoms with van der Waals surface area (Å²) in [6, 6.07) is 1.81. The number of carbonyl (C=O) groups excluding carboxylic acids is 1.